The average molecular weight is 367 g/mol. The fraction of sp³-hybridized carbons (Fsp3) is 0.381. The summed E-state index contributed by atoms with van der Waals surface area (Å²) in [6, 6.07) is 14.2. The second-order valence-electron chi connectivity index (χ2n) is 7.03. The molecular formula is C21H25N3O3. The van der Waals surface area contributed by atoms with Crippen LogP contribution in [0.25, 0.3) is 0 Å². The molecule has 0 bridgehead atoms. The topological polar surface area (TPSA) is 62.8 Å². The summed E-state index contributed by atoms with van der Waals surface area (Å²) in [6.45, 7) is 1.32. The van der Waals surface area contributed by atoms with Gasteiger partial charge < -0.3 is 14.4 Å². The number of nitrogens with one attached hydrogen (secondary N) is 2. The minimum absolute atomic E-state index is 0.140. The van der Waals surface area contributed by atoms with Crippen LogP contribution in [0.5, 0.6) is 11.5 Å². The molecule has 0 saturated carbocycles. The molecule has 0 aliphatic carbocycles. The Bertz CT molecular complexity index is 825. The van der Waals surface area contributed by atoms with Crippen LogP contribution in [0, 0.1) is 0 Å². The van der Waals surface area contributed by atoms with Crippen molar-refractivity contribution in [1.82, 2.24) is 15.8 Å². The summed E-state index contributed by atoms with van der Waals surface area (Å²) in [5.74, 6) is 1.58. The molecule has 2 aliphatic rings. The van der Waals surface area contributed by atoms with Crippen molar-refractivity contribution in [2.45, 2.75) is 31.5 Å². The lowest BCUT2D eigenvalue weighted by atomic mass is 9.97. The van der Waals surface area contributed by atoms with Gasteiger partial charge in [-0.15, -0.1) is 0 Å². The van der Waals surface area contributed by atoms with Crippen LogP contribution < -0.4 is 20.3 Å². The number of fused-ring (bicyclic) bond motifs is 1. The average Bonchev–Trinajstić information content (AvgIpc) is 3.22. The van der Waals surface area contributed by atoms with E-state index in [1.54, 1.807) is 14.2 Å². The summed E-state index contributed by atoms with van der Waals surface area (Å²) in [4.78, 5) is 15.0. The molecule has 142 valence electrons. The predicted molar refractivity (Wildman–Crippen MR) is 103 cm³/mol. The maximum atomic E-state index is 13.0. The number of carbonyl (C=O) groups is 1. The number of amides is 1. The Morgan fingerprint density at radius 3 is 2.44 bits per heavy atom. The van der Waals surface area contributed by atoms with Crippen molar-refractivity contribution >= 4 is 5.91 Å². The Labute approximate surface area is 159 Å². The highest BCUT2D eigenvalue weighted by Gasteiger charge is 2.34. The van der Waals surface area contributed by atoms with Gasteiger partial charge >= 0.3 is 0 Å². The number of hydrogen-bond donors (Lipinski definition) is 2. The number of hydrogen-bond acceptors (Lipinski definition) is 5. The molecule has 2 heterocycles. The summed E-state index contributed by atoms with van der Waals surface area (Å²) >= 11 is 0. The first-order valence-corrected chi connectivity index (χ1v) is 9.28. The lowest BCUT2D eigenvalue weighted by molar-refractivity contribution is -0.134. The molecule has 4 rings (SSSR count). The van der Waals surface area contributed by atoms with Gasteiger partial charge in [-0.1, -0.05) is 30.3 Å². The van der Waals surface area contributed by atoms with Crippen LogP contribution >= 0.6 is 0 Å². The van der Waals surface area contributed by atoms with Gasteiger partial charge in [0.25, 0.3) is 0 Å². The van der Waals surface area contributed by atoms with Crippen molar-refractivity contribution in [3.8, 4) is 11.5 Å². The second-order valence-corrected chi connectivity index (χ2v) is 7.03. The SMILES string of the molecule is COc1cc2c(cc1OC)CN(C(=O)C1CC(c3ccccc3)NN1)CC2. The van der Waals surface area contributed by atoms with Crippen molar-refractivity contribution in [2.24, 2.45) is 0 Å². The Kier molecular flexibility index (Phi) is 5.01. The molecule has 1 saturated heterocycles. The molecule has 1 amide bonds. The smallest absolute Gasteiger partial charge is 0.241 e. The highest BCUT2D eigenvalue weighted by Crippen LogP contribution is 2.33. The largest absolute Gasteiger partial charge is 0.493 e. The molecule has 2 aromatic carbocycles. The Hall–Kier alpha value is -2.57. The number of hydrazine groups is 1. The number of carbonyl (C=O) groups excluding carboxylic acids is 1. The molecule has 2 N–H and O–H groups in total. The molecule has 2 atom stereocenters. The predicted octanol–water partition coefficient (Wildman–Crippen LogP) is 2.20. The third-order valence-electron chi connectivity index (χ3n) is 5.43. The minimum atomic E-state index is -0.211. The summed E-state index contributed by atoms with van der Waals surface area (Å²) in [5.41, 5.74) is 9.98. The number of rotatable bonds is 4. The maximum Gasteiger partial charge on any atom is 0.241 e. The van der Waals surface area contributed by atoms with Crippen molar-refractivity contribution in [1.29, 1.82) is 0 Å². The van der Waals surface area contributed by atoms with Crippen molar-refractivity contribution in [2.75, 3.05) is 20.8 Å². The van der Waals surface area contributed by atoms with Crippen LogP contribution in [0.1, 0.15) is 29.2 Å². The highest BCUT2D eigenvalue weighted by atomic mass is 16.5. The van der Waals surface area contributed by atoms with E-state index in [0.29, 0.717) is 12.3 Å². The molecule has 1 fully saturated rings. The van der Waals surface area contributed by atoms with Crippen molar-refractivity contribution in [3.05, 3.63) is 59.2 Å². The molecule has 2 unspecified atom stereocenters. The first-order chi connectivity index (χ1) is 13.2. The van der Waals surface area contributed by atoms with Crippen molar-refractivity contribution in [3.63, 3.8) is 0 Å². The number of methoxy groups -OCH3 is 2. The number of ether oxygens (including phenoxy) is 2. The summed E-state index contributed by atoms with van der Waals surface area (Å²) in [5, 5.41) is 0. The minimum Gasteiger partial charge on any atom is -0.493 e. The fourth-order valence-corrected chi connectivity index (χ4v) is 3.91. The lowest BCUT2D eigenvalue weighted by Gasteiger charge is -2.31. The zero-order chi connectivity index (χ0) is 18.8. The highest BCUT2D eigenvalue weighted by molar-refractivity contribution is 5.82. The van der Waals surface area contributed by atoms with E-state index in [1.807, 2.05) is 35.2 Å². The molecule has 0 radical (unpaired) electrons. The van der Waals surface area contributed by atoms with E-state index in [9.17, 15) is 4.79 Å². The number of nitrogens with zero attached hydrogens (tertiary/aromatic N) is 1. The van der Waals surface area contributed by atoms with Crippen LogP contribution in [0.15, 0.2) is 42.5 Å². The zero-order valence-corrected chi connectivity index (χ0v) is 15.7. The van der Waals surface area contributed by atoms with Crippen LogP contribution in [0.4, 0.5) is 0 Å². The molecule has 6 heteroatoms. The third-order valence-corrected chi connectivity index (χ3v) is 5.43. The van der Waals surface area contributed by atoms with E-state index in [0.717, 1.165) is 30.7 Å². The van der Waals surface area contributed by atoms with Crippen LogP contribution in [-0.2, 0) is 17.8 Å². The monoisotopic (exact) mass is 367 g/mol. The maximum absolute atomic E-state index is 13.0. The first kappa shape index (κ1) is 17.8. The molecule has 2 aromatic rings. The van der Waals surface area contributed by atoms with Gasteiger partial charge in [0.05, 0.1) is 14.2 Å². The van der Waals surface area contributed by atoms with E-state index < -0.39 is 0 Å². The van der Waals surface area contributed by atoms with Crippen LogP contribution in [0.2, 0.25) is 0 Å². The molecule has 0 aromatic heterocycles. The van der Waals surface area contributed by atoms with Gasteiger partial charge in [-0.2, -0.15) is 0 Å². The summed E-state index contributed by atoms with van der Waals surface area (Å²) in [6.07, 6.45) is 1.57. The van der Waals surface area contributed by atoms with Gasteiger partial charge in [-0.25, -0.2) is 10.9 Å². The fourth-order valence-electron chi connectivity index (χ4n) is 3.91. The third kappa shape index (κ3) is 3.50. The molecule has 2 aliphatic heterocycles. The van der Waals surface area contributed by atoms with Crippen LogP contribution in [-0.4, -0.2) is 37.6 Å². The van der Waals surface area contributed by atoms with E-state index in [-0.39, 0.29) is 18.0 Å². The molecular weight excluding hydrogens is 342 g/mol. The summed E-state index contributed by atoms with van der Waals surface area (Å²) < 4.78 is 10.8. The van der Waals surface area contributed by atoms with Gasteiger partial charge in [-0.3, -0.25) is 4.79 Å². The number of benzene rings is 2. The van der Waals surface area contributed by atoms with Crippen molar-refractivity contribution < 1.29 is 14.3 Å². The molecule has 0 spiro atoms. The lowest BCUT2D eigenvalue weighted by Crippen LogP contribution is -2.47. The van der Waals surface area contributed by atoms with E-state index in [2.05, 4.69) is 23.0 Å². The quantitative estimate of drug-likeness (QED) is 0.867. The van der Waals surface area contributed by atoms with Gasteiger partial charge in [0.2, 0.25) is 5.91 Å². The van der Waals surface area contributed by atoms with E-state index in [1.165, 1.54) is 11.1 Å². The van der Waals surface area contributed by atoms with E-state index in [4.69, 9.17) is 9.47 Å². The van der Waals surface area contributed by atoms with Gasteiger partial charge in [0.1, 0.15) is 6.04 Å². The Balaban J connectivity index is 1.45. The van der Waals surface area contributed by atoms with E-state index >= 15 is 0 Å². The molecule has 27 heavy (non-hydrogen) atoms. The van der Waals surface area contributed by atoms with Gasteiger partial charge in [0.15, 0.2) is 11.5 Å². The second kappa shape index (κ2) is 7.58. The standard InChI is InChI=1S/C21H25N3O3/c1-26-19-10-15-8-9-24(13-16(15)11-20(19)27-2)21(25)18-12-17(22-23-18)14-6-4-3-5-7-14/h3-7,10-11,17-18,22-23H,8-9,12-13H2,1-2H3. The van der Waals surface area contributed by atoms with Gasteiger partial charge in [0, 0.05) is 19.1 Å². The molecule has 6 nitrogen and oxygen atoms in total. The van der Waals surface area contributed by atoms with Gasteiger partial charge in [-0.05, 0) is 41.7 Å². The summed E-state index contributed by atoms with van der Waals surface area (Å²) in [7, 11) is 3.28. The Morgan fingerprint density at radius 1 is 1.04 bits per heavy atom. The first-order valence-electron chi connectivity index (χ1n) is 9.28. The Morgan fingerprint density at radius 2 is 1.74 bits per heavy atom. The van der Waals surface area contributed by atoms with Crippen LogP contribution in [0.3, 0.4) is 0 Å². The normalized spacial score (nSPS) is 21.6. The zero-order valence-electron chi connectivity index (χ0n) is 15.7.